The maximum Gasteiger partial charge on any atom is 0.306 e. The summed E-state index contributed by atoms with van der Waals surface area (Å²) in [6, 6.07) is 0. The molecule has 92 valence electrons. The van der Waals surface area contributed by atoms with Crippen LogP contribution in [0.4, 0.5) is 0 Å². The lowest BCUT2D eigenvalue weighted by molar-refractivity contribution is -0.161. The summed E-state index contributed by atoms with van der Waals surface area (Å²) >= 11 is 0. The van der Waals surface area contributed by atoms with Gasteiger partial charge in [0.15, 0.2) is 0 Å². The molecule has 0 aliphatic rings. The zero-order valence-corrected chi connectivity index (χ0v) is 11.4. The Balaban J connectivity index is 0. The first-order valence-corrected chi connectivity index (χ1v) is 6.36. The Morgan fingerprint density at radius 1 is 1.00 bits per heavy atom. The zero-order valence-electron chi connectivity index (χ0n) is 11.4. The first-order chi connectivity index (χ1) is 7.14. The molecule has 0 N–H and O–H groups in total. The van der Waals surface area contributed by atoms with Crippen LogP contribution in [0.3, 0.4) is 0 Å². The lowest BCUT2D eigenvalue weighted by Gasteiger charge is -2.30. The zero-order chi connectivity index (χ0) is 12.3. The van der Waals surface area contributed by atoms with Crippen LogP contribution in [0.25, 0.3) is 0 Å². The van der Waals surface area contributed by atoms with Gasteiger partial charge in [-0.2, -0.15) is 0 Å². The molecule has 2 heteroatoms. The van der Waals surface area contributed by atoms with Gasteiger partial charge in [0.2, 0.25) is 0 Å². The molecule has 0 amide bonds. The second-order valence-electron chi connectivity index (χ2n) is 3.47. The van der Waals surface area contributed by atoms with Crippen LogP contribution in [0.15, 0.2) is 0 Å². The van der Waals surface area contributed by atoms with Gasteiger partial charge in [0, 0.05) is 6.42 Å². The molecule has 0 saturated carbocycles. The van der Waals surface area contributed by atoms with E-state index >= 15 is 0 Å². The van der Waals surface area contributed by atoms with Crippen molar-refractivity contribution in [3.8, 4) is 0 Å². The van der Waals surface area contributed by atoms with Crippen molar-refractivity contribution in [3.63, 3.8) is 0 Å². The molecule has 0 spiro atoms. The van der Waals surface area contributed by atoms with E-state index in [0.717, 1.165) is 25.7 Å². The Bertz CT molecular complexity index is 140. The molecular formula is C13H28O2. The monoisotopic (exact) mass is 216 g/mol. The van der Waals surface area contributed by atoms with Crippen molar-refractivity contribution in [1.29, 1.82) is 0 Å². The van der Waals surface area contributed by atoms with Crippen molar-refractivity contribution < 1.29 is 9.53 Å². The molecule has 0 saturated heterocycles. The Morgan fingerprint density at radius 3 is 1.67 bits per heavy atom. The average molecular weight is 216 g/mol. The highest BCUT2D eigenvalue weighted by Crippen LogP contribution is 2.25. The van der Waals surface area contributed by atoms with Gasteiger partial charge < -0.3 is 4.74 Å². The molecule has 0 rings (SSSR count). The standard InChI is InChI=1S/C11H22O2.C2H6/c1-5-9-10(12)13-11(6-2,7-3)8-4;1-2/h5-9H2,1-4H3;1-2H3. The fourth-order valence-corrected chi connectivity index (χ4v) is 1.46. The Hall–Kier alpha value is -0.530. The van der Waals surface area contributed by atoms with Crippen LogP contribution in [0, 0.1) is 0 Å². The molecule has 0 radical (unpaired) electrons. The van der Waals surface area contributed by atoms with Crippen molar-refractivity contribution in [3.05, 3.63) is 0 Å². The van der Waals surface area contributed by atoms with Crippen LogP contribution >= 0.6 is 0 Å². The molecular weight excluding hydrogens is 188 g/mol. The van der Waals surface area contributed by atoms with Crippen LogP contribution in [-0.2, 0) is 9.53 Å². The Labute approximate surface area is 95.4 Å². The second-order valence-corrected chi connectivity index (χ2v) is 3.47. The molecule has 0 bridgehead atoms. The highest BCUT2D eigenvalue weighted by Gasteiger charge is 2.27. The fraction of sp³-hybridized carbons (Fsp3) is 0.923. The van der Waals surface area contributed by atoms with Gasteiger partial charge in [0.1, 0.15) is 5.60 Å². The molecule has 0 aliphatic heterocycles. The number of rotatable bonds is 6. The predicted octanol–water partition coefficient (Wildman–Crippen LogP) is 4.32. The molecule has 0 fully saturated rings. The summed E-state index contributed by atoms with van der Waals surface area (Å²) in [5.74, 6) is -0.0481. The molecule has 0 aromatic rings. The first-order valence-electron chi connectivity index (χ1n) is 6.36. The number of hydrogen-bond acceptors (Lipinski definition) is 2. The van der Waals surface area contributed by atoms with Crippen LogP contribution in [0.1, 0.15) is 73.6 Å². The van der Waals surface area contributed by atoms with Crippen LogP contribution in [0.2, 0.25) is 0 Å². The Morgan fingerprint density at radius 2 is 1.40 bits per heavy atom. The van der Waals surface area contributed by atoms with E-state index in [9.17, 15) is 4.79 Å². The number of carbonyl (C=O) groups is 1. The molecule has 0 atom stereocenters. The van der Waals surface area contributed by atoms with E-state index < -0.39 is 0 Å². The Kier molecular flexibility index (Phi) is 11.3. The van der Waals surface area contributed by atoms with Gasteiger partial charge in [-0.3, -0.25) is 4.79 Å². The summed E-state index contributed by atoms with van der Waals surface area (Å²) in [7, 11) is 0. The van der Waals surface area contributed by atoms with Gasteiger partial charge in [-0.05, 0) is 25.7 Å². The van der Waals surface area contributed by atoms with E-state index in [4.69, 9.17) is 4.74 Å². The minimum atomic E-state index is -0.202. The number of carbonyl (C=O) groups excluding carboxylic acids is 1. The third kappa shape index (κ3) is 6.53. The van der Waals surface area contributed by atoms with Crippen molar-refractivity contribution in [2.24, 2.45) is 0 Å². The summed E-state index contributed by atoms with van der Waals surface area (Å²) in [6.07, 6.45) is 4.15. The SMILES string of the molecule is CC.CCCC(=O)OC(CC)(CC)CC. The maximum absolute atomic E-state index is 11.3. The van der Waals surface area contributed by atoms with Gasteiger partial charge in [-0.15, -0.1) is 0 Å². The van der Waals surface area contributed by atoms with Gasteiger partial charge in [-0.1, -0.05) is 41.5 Å². The van der Waals surface area contributed by atoms with E-state index in [1.165, 1.54) is 0 Å². The smallest absolute Gasteiger partial charge is 0.306 e. The number of hydrogen-bond donors (Lipinski definition) is 0. The topological polar surface area (TPSA) is 26.3 Å². The van der Waals surface area contributed by atoms with E-state index in [1.54, 1.807) is 0 Å². The first kappa shape index (κ1) is 16.9. The fourth-order valence-electron chi connectivity index (χ4n) is 1.46. The number of ether oxygens (including phenoxy) is 1. The second kappa shape index (κ2) is 10.0. The van der Waals surface area contributed by atoms with Gasteiger partial charge in [-0.25, -0.2) is 0 Å². The van der Waals surface area contributed by atoms with Crippen LogP contribution in [-0.4, -0.2) is 11.6 Å². The van der Waals surface area contributed by atoms with Crippen LogP contribution < -0.4 is 0 Å². The maximum atomic E-state index is 11.3. The van der Waals surface area contributed by atoms with E-state index in [2.05, 4.69) is 20.8 Å². The van der Waals surface area contributed by atoms with E-state index in [-0.39, 0.29) is 11.6 Å². The molecule has 15 heavy (non-hydrogen) atoms. The third-order valence-corrected chi connectivity index (χ3v) is 2.72. The molecule has 0 heterocycles. The normalized spacial score (nSPS) is 10.3. The lowest BCUT2D eigenvalue weighted by atomic mass is 9.94. The molecule has 0 aromatic carbocycles. The van der Waals surface area contributed by atoms with E-state index in [1.807, 2.05) is 20.8 Å². The highest BCUT2D eigenvalue weighted by atomic mass is 16.6. The van der Waals surface area contributed by atoms with Crippen molar-refractivity contribution >= 4 is 5.97 Å². The molecule has 0 aliphatic carbocycles. The summed E-state index contributed by atoms with van der Waals surface area (Å²) < 4.78 is 5.49. The predicted molar refractivity (Wildman–Crippen MR) is 66.0 cm³/mol. The lowest BCUT2D eigenvalue weighted by Crippen LogP contribution is -2.32. The van der Waals surface area contributed by atoms with Crippen molar-refractivity contribution in [1.82, 2.24) is 0 Å². The van der Waals surface area contributed by atoms with Gasteiger partial charge in [0.05, 0.1) is 0 Å². The largest absolute Gasteiger partial charge is 0.459 e. The van der Waals surface area contributed by atoms with Crippen LogP contribution in [0.5, 0.6) is 0 Å². The van der Waals surface area contributed by atoms with Gasteiger partial charge >= 0.3 is 5.97 Å². The average Bonchev–Trinajstić information content (AvgIpc) is 2.29. The highest BCUT2D eigenvalue weighted by molar-refractivity contribution is 5.69. The van der Waals surface area contributed by atoms with E-state index in [0.29, 0.717) is 6.42 Å². The summed E-state index contributed by atoms with van der Waals surface area (Å²) in [5, 5.41) is 0. The molecule has 2 nitrogen and oxygen atoms in total. The minimum absolute atomic E-state index is 0.0481. The summed E-state index contributed by atoms with van der Waals surface area (Å²) in [5.41, 5.74) is -0.202. The molecule has 0 unspecified atom stereocenters. The summed E-state index contributed by atoms with van der Waals surface area (Å²) in [4.78, 5) is 11.3. The molecule has 0 aromatic heterocycles. The number of esters is 1. The van der Waals surface area contributed by atoms with Crippen molar-refractivity contribution in [2.75, 3.05) is 0 Å². The quantitative estimate of drug-likeness (QED) is 0.618. The minimum Gasteiger partial charge on any atom is -0.459 e. The summed E-state index contributed by atoms with van der Waals surface area (Å²) in [6.45, 7) is 12.2. The third-order valence-electron chi connectivity index (χ3n) is 2.72. The van der Waals surface area contributed by atoms with Gasteiger partial charge in [0.25, 0.3) is 0 Å². The van der Waals surface area contributed by atoms with Crippen molar-refractivity contribution in [2.45, 2.75) is 79.2 Å².